The molecule has 1 amide bonds. The van der Waals surface area contributed by atoms with Crippen LogP contribution in [0.1, 0.15) is 22.8 Å². The van der Waals surface area contributed by atoms with Gasteiger partial charge in [-0.2, -0.15) is 5.10 Å². The second kappa shape index (κ2) is 9.81. The molecule has 0 aliphatic carbocycles. The van der Waals surface area contributed by atoms with Crippen molar-refractivity contribution in [1.29, 1.82) is 0 Å². The number of esters is 1. The first-order chi connectivity index (χ1) is 13.0. The van der Waals surface area contributed by atoms with Gasteiger partial charge in [0.2, 0.25) is 0 Å². The third kappa shape index (κ3) is 5.74. The van der Waals surface area contributed by atoms with Gasteiger partial charge in [-0.15, -0.1) is 0 Å². The average molecular weight is 372 g/mol. The third-order valence-corrected chi connectivity index (χ3v) is 3.37. The highest BCUT2D eigenvalue weighted by atomic mass is 16.6. The number of methoxy groups -OCH3 is 1. The minimum atomic E-state index is -0.545. The Morgan fingerprint density at radius 3 is 2.67 bits per heavy atom. The fourth-order valence-corrected chi connectivity index (χ4v) is 2.12. The number of nitrogens with one attached hydrogen (secondary N) is 1. The van der Waals surface area contributed by atoms with Crippen molar-refractivity contribution in [3.63, 3.8) is 0 Å². The first kappa shape index (κ1) is 19.8. The molecule has 2 aromatic carbocycles. The topological polar surface area (TPSA) is 106 Å². The van der Waals surface area contributed by atoms with Crippen LogP contribution in [0.5, 0.6) is 17.2 Å². The Morgan fingerprint density at radius 2 is 1.96 bits per heavy atom. The minimum Gasteiger partial charge on any atom is -0.507 e. The molecule has 0 saturated heterocycles. The highest BCUT2D eigenvalue weighted by Gasteiger charge is 2.10. The quantitative estimate of drug-likeness (QED) is 0.418. The van der Waals surface area contributed by atoms with Crippen molar-refractivity contribution in [2.75, 3.05) is 20.3 Å². The van der Waals surface area contributed by atoms with E-state index in [-0.39, 0.29) is 24.5 Å². The number of carbonyl (C=O) groups is 2. The molecule has 0 aliphatic rings. The van der Waals surface area contributed by atoms with Crippen molar-refractivity contribution < 1.29 is 28.9 Å². The number of phenolic OH excluding ortho intramolecular Hbond substituents is 1. The van der Waals surface area contributed by atoms with Crippen molar-refractivity contribution in [2.24, 2.45) is 5.10 Å². The molecule has 2 rings (SSSR count). The number of aromatic hydroxyl groups is 1. The lowest BCUT2D eigenvalue weighted by atomic mass is 10.2. The SMILES string of the molecule is CCOC(=O)COc1cc(/C=N\NC(=O)c2ccccc2O)ccc1OC. The first-order valence-corrected chi connectivity index (χ1v) is 8.13. The summed E-state index contributed by atoms with van der Waals surface area (Å²) in [5, 5.41) is 13.5. The lowest BCUT2D eigenvalue weighted by Gasteiger charge is -2.10. The van der Waals surface area contributed by atoms with Gasteiger partial charge in [-0.1, -0.05) is 12.1 Å². The van der Waals surface area contributed by atoms with Gasteiger partial charge in [0, 0.05) is 0 Å². The number of nitrogens with zero attached hydrogens (tertiary/aromatic N) is 1. The largest absolute Gasteiger partial charge is 0.507 e. The number of carbonyl (C=O) groups excluding carboxylic acids is 2. The summed E-state index contributed by atoms with van der Waals surface area (Å²) in [5.41, 5.74) is 3.05. The molecule has 0 aromatic heterocycles. The van der Waals surface area contributed by atoms with Gasteiger partial charge in [0.25, 0.3) is 5.91 Å². The number of ether oxygens (including phenoxy) is 3. The Morgan fingerprint density at radius 1 is 1.19 bits per heavy atom. The van der Waals surface area contributed by atoms with Gasteiger partial charge in [-0.3, -0.25) is 4.79 Å². The van der Waals surface area contributed by atoms with Crippen LogP contribution in [0.2, 0.25) is 0 Å². The zero-order chi connectivity index (χ0) is 19.6. The van der Waals surface area contributed by atoms with Gasteiger partial charge < -0.3 is 19.3 Å². The summed E-state index contributed by atoms with van der Waals surface area (Å²) in [4.78, 5) is 23.4. The van der Waals surface area contributed by atoms with Gasteiger partial charge in [-0.05, 0) is 42.8 Å². The van der Waals surface area contributed by atoms with Gasteiger partial charge in [0.15, 0.2) is 18.1 Å². The van der Waals surface area contributed by atoms with Crippen LogP contribution in [0, 0.1) is 0 Å². The third-order valence-electron chi connectivity index (χ3n) is 3.37. The van der Waals surface area contributed by atoms with Crippen LogP contribution in [-0.2, 0) is 9.53 Å². The van der Waals surface area contributed by atoms with E-state index >= 15 is 0 Å². The lowest BCUT2D eigenvalue weighted by molar-refractivity contribution is -0.145. The molecule has 142 valence electrons. The van der Waals surface area contributed by atoms with Crippen LogP contribution in [0.4, 0.5) is 0 Å². The van der Waals surface area contributed by atoms with Gasteiger partial charge in [-0.25, -0.2) is 10.2 Å². The van der Waals surface area contributed by atoms with E-state index in [4.69, 9.17) is 14.2 Å². The van der Waals surface area contributed by atoms with E-state index in [0.717, 1.165) is 0 Å². The molecule has 0 spiro atoms. The molecule has 0 aliphatic heterocycles. The standard InChI is InChI=1S/C19H20N2O6/c1-3-26-18(23)12-27-17-10-13(8-9-16(17)25-2)11-20-21-19(24)14-6-4-5-7-15(14)22/h4-11,22H,3,12H2,1-2H3,(H,21,24)/b20-11-. The van der Waals surface area contributed by atoms with Crippen molar-refractivity contribution in [3.05, 3.63) is 53.6 Å². The van der Waals surface area contributed by atoms with Crippen LogP contribution >= 0.6 is 0 Å². The molecule has 8 heteroatoms. The summed E-state index contributed by atoms with van der Waals surface area (Å²) < 4.78 is 15.4. The molecule has 0 bridgehead atoms. The maximum absolute atomic E-state index is 12.0. The summed E-state index contributed by atoms with van der Waals surface area (Å²) in [6, 6.07) is 11.1. The van der Waals surface area contributed by atoms with E-state index in [0.29, 0.717) is 17.1 Å². The molecule has 0 radical (unpaired) electrons. The second-order valence-corrected chi connectivity index (χ2v) is 5.22. The van der Waals surface area contributed by atoms with Crippen LogP contribution < -0.4 is 14.9 Å². The smallest absolute Gasteiger partial charge is 0.344 e. The number of amides is 1. The van der Waals surface area contributed by atoms with Crippen molar-refractivity contribution in [3.8, 4) is 17.2 Å². The fraction of sp³-hybridized carbons (Fsp3) is 0.211. The predicted octanol–water partition coefficient (Wildman–Crippen LogP) is 2.11. The van der Waals surface area contributed by atoms with Crippen molar-refractivity contribution in [1.82, 2.24) is 5.43 Å². The van der Waals surface area contributed by atoms with E-state index in [2.05, 4.69) is 10.5 Å². The molecule has 8 nitrogen and oxygen atoms in total. The highest BCUT2D eigenvalue weighted by molar-refractivity contribution is 5.97. The molecular weight excluding hydrogens is 352 g/mol. The molecule has 0 heterocycles. The molecule has 0 unspecified atom stereocenters. The van der Waals surface area contributed by atoms with E-state index in [1.165, 1.54) is 25.5 Å². The normalized spacial score (nSPS) is 10.4. The van der Waals surface area contributed by atoms with Crippen LogP contribution in [0.25, 0.3) is 0 Å². The van der Waals surface area contributed by atoms with E-state index in [9.17, 15) is 14.7 Å². The molecule has 27 heavy (non-hydrogen) atoms. The van der Waals surface area contributed by atoms with Crippen LogP contribution in [0.15, 0.2) is 47.6 Å². The number of hydrogen-bond acceptors (Lipinski definition) is 7. The van der Waals surface area contributed by atoms with E-state index in [1.807, 2.05) is 0 Å². The van der Waals surface area contributed by atoms with Crippen LogP contribution in [-0.4, -0.2) is 43.5 Å². The Kier molecular flexibility index (Phi) is 7.18. The van der Waals surface area contributed by atoms with E-state index < -0.39 is 11.9 Å². The average Bonchev–Trinajstić information content (AvgIpc) is 2.67. The summed E-state index contributed by atoms with van der Waals surface area (Å²) >= 11 is 0. The van der Waals surface area contributed by atoms with Gasteiger partial charge >= 0.3 is 5.97 Å². The maximum Gasteiger partial charge on any atom is 0.344 e. The molecule has 0 fully saturated rings. The summed E-state index contributed by atoms with van der Waals surface area (Å²) in [6.07, 6.45) is 1.40. The number of benzene rings is 2. The molecular formula is C19H20N2O6. The highest BCUT2D eigenvalue weighted by Crippen LogP contribution is 2.27. The number of para-hydroxylation sites is 1. The number of hydrogen-bond donors (Lipinski definition) is 2. The zero-order valence-corrected chi connectivity index (χ0v) is 15.0. The Labute approximate surface area is 156 Å². The fourth-order valence-electron chi connectivity index (χ4n) is 2.12. The molecule has 0 atom stereocenters. The van der Waals surface area contributed by atoms with Gasteiger partial charge in [0.1, 0.15) is 5.75 Å². The molecule has 0 saturated carbocycles. The predicted molar refractivity (Wildman–Crippen MR) is 98.3 cm³/mol. The molecule has 2 aromatic rings. The first-order valence-electron chi connectivity index (χ1n) is 8.13. The minimum absolute atomic E-state index is 0.114. The number of rotatable bonds is 8. The number of phenols is 1. The second-order valence-electron chi connectivity index (χ2n) is 5.22. The Hall–Kier alpha value is -3.55. The summed E-state index contributed by atoms with van der Waals surface area (Å²) in [6.45, 7) is 1.72. The number of hydrazone groups is 1. The van der Waals surface area contributed by atoms with Crippen LogP contribution in [0.3, 0.4) is 0 Å². The van der Waals surface area contributed by atoms with E-state index in [1.54, 1.807) is 37.3 Å². The van der Waals surface area contributed by atoms with Crippen molar-refractivity contribution in [2.45, 2.75) is 6.92 Å². The summed E-state index contributed by atoms with van der Waals surface area (Å²) in [5.74, 6) is -0.397. The van der Waals surface area contributed by atoms with Crippen molar-refractivity contribution >= 4 is 18.1 Å². The Balaban J connectivity index is 2.04. The monoisotopic (exact) mass is 372 g/mol. The van der Waals surface area contributed by atoms with Gasteiger partial charge in [0.05, 0.1) is 25.5 Å². The maximum atomic E-state index is 12.0. The Bertz CT molecular complexity index is 835. The lowest BCUT2D eigenvalue weighted by Crippen LogP contribution is -2.17. The molecule has 2 N–H and O–H groups in total. The summed E-state index contributed by atoms with van der Waals surface area (Å²) in [7, 11) is 1.48. The zero-order valence-electron chi connectivity index (χ0n) is 15.0.